The summed E-state index contributed by atoms with van der Waals surface area (Å²) in [5, 5.41) is 9.14. The van der Waals surface area contributed by atoms with E-state index in [-0.39, 0.29) is 35.6 Å². The minimum absolute atomic E-state index is 0. The van der Waals surface area contributed by atoms with Crippen LogP contribution in [0.5, 0.6) is 0 Å². The van der Waals surface area contributed by atoms with E-state index in [4.69, 9.17) is 0 Å². The lowest BCUT2D eigenvalue weighted by molar-refractivity contribution is -0.118. The average Bonchev–Trinajstić information content (AvgIpc) is 3.23. The fraction of sp³-hybridized carbons (Fsp3) is 0.529. The topological polar surface area (TPSA) is 70.2 Å². The smallest absolute Gasteiger partial charge is 0.228 e. The minimum Gasteiger partial charge on any atom is -0.326 e. The monoisotopic (exact) mass is 337 g/mol. The lowest BCUT2D eigenvalue weighted by Gasteiger charge is -2.23. The highest BCUT2D eigenvalue weighted by molar-refractivity contribution is 5.95. The van der Waals surface area contributed by atoms with Gasteiger partial charge in [-0.3, -0.25) is 9.59 Å². The first-order valence-corrected chi connectivity index (χ1v) is 8.04. The Hall–Kier alpha value is -1.59. The predicted molar refractivity (Wildman–Crippen MR) is 93.9 cm³/mol. The van der Waals surface area contributed by atoms with Crippen LogP contribution in [0.25, 0.3) is 0 Å². The van der Waals surface area contributed by atoms with Crippen molar-refractivity contribution in [3.05, 3.63) is 24.3 Å². The second kappa shape index (κ2) is 7.32. The van der Waals surface area contributed by atoms with Crippen LogP contribution >= 0.6 is 12.4 Å². The van der Waals surface area contributed by atoms with Gasteiger partial charge in [-0.25, -0.2) is 0 Å². The summed E-state index contributed by atoms with van der Waals surface area (Å²) >= 11 is 0. The van der Waals surface area contributed by atoms with Crippen molar-refractivity contribution in [2.24, 2.45) is 11.3 Å². The van der Waals surface area contributed by atoms with Gasteiger partial charge in [-0.15, -0.1) is 12.4 Å². The predicted octanol–water partition coefficient (Wildman–Crippen LogP) is 2.79. The third-order valence-electron chi connectivity index (χ3n) is 4.86. The van der Waals surface area contributed by atoms with Gasteiger partial charge in [0.15, 0.2) is 0 Å². The normalized spacial score (nSPS) is 21.2. The zero-order valence-electron chi connectivity index (χ0n) is 13.4. The first-order chi connectivity index (χ1) is 10.6. The molecule has 1 aliphatic heterocycles. The molecule has 3 N–H and O–H groups in total. The number of anilines is 2. The molecule has 0 aromatic heterocycles. The van der Waals surface area contributed by atoms with Gasteiger partial charge in [-0.05, 0) is 62.0 Å². The molecule has 1 saturated heterocycles. The van der Waals surface area contributed by atoms with Crippen molar-refractivity contribution in [1.82, 2.24) is 5.32 Å². The summed E-state index contributed by atoms with van der Waals surface area (Å²) in [5.74, 6) is 0.281. The summed E-state index contributed by atoms with van der Waals surface area (Å²) in [7, 11) is 0. The molecule has 23 heavy (non-hydrogen) atoms. The van der Waals surface area contributed by atoms with E-state index in [0.29, 0.717) is 6.42 Å². The second-order valence-electron chi connectivity index (χ2n) is 6.34. The fourth-order valence-electron chi connectivity index (χ4n) is 3.31. The molecule has 126 valence electrons. The number of halogens is 1. The Balaban J connectivity index is 0.00000192. The van der Waals surface area contributed by atoms with Crippen LogP contribution in [-0.4, -0.2) is 24.9 Å². The molecule has 0 bridgehead atoms. The Morgan fingerprint density at radius 3 is 2.26 bits per heavy atom. The van der Waals surface area contributed by atoms with Crippen LogP contribution in [0.15, 0.2) is 24.3 Å². The maximum absolute atomic E-state index is 12.4. The number of nitrogens with one attached hydrogen (secondary N) is 3. The van der Waals surface area contributed by atoms with Gasteiger partial charge in [0.1, 0.15) is 0 Å². The molecule has 2 fully saturated rings. The van der Waals surface area contributed by atoms with Crippen molar-refractivity contribution in [3.63, 3.8) is 0 Å². The van der Waals surface area contributed by atoms with Gasteiger partial charge >= 0.3 is 0 Å². The summed E-state index contributed by atoms with van der Waals surface area (Å²) in [6.07, 6.45) is 3.68. The minimum atomic E-state index is -0.0115. The molecule has 1 spiro atoms. The molecule has 1 unspecified atom stereocenters. The Kier molecular flexibility index (Phi) is 5.65. The van der Waals surface area contributed by atoms with E-state index in [9.17, 15) is 9.59 Å². The van der Waals surface area contributed by atoms with Crippen molar-refractivity contribution in [1.29, 1.82) is 0 Å². The van der Waals surface area contributed by atoms with Crippen molar-refractivity contribution in [2.75, 3.05) is 23.7 Å². The maximum atomic E-state index is 12.4. The average molecular weight is 338 g/mol. The Bertz CT molecular complexity index is 568. The van der Waals surface area contributed by atoms with Crippen molar-refractivity contribution in [3.8, 4) is 0 Å². The van der Waals surface area contributed by atoms with E-state index in [1.807, 2.05) is 31.2 Å². The summed E-state index contributed by atoms with van der Waals surface area (Å²) in [6.45, 7) is 3.86. The first-order valence-electron chi connectivity index (χ1n) is 8.04. The summed E-state index contributed by atoms with van der Waals surface area (Å²) in [4.78, 5) is 23.7. The van der Waals surface area contributed by atoms with Crippen molar-refractivity contribution >= 4 is 35.6 Å². The Morgan fingerprint density at radius 1 is 1.13 bits per heavy atom. The molecular weight excluding hydrogens is 314 g/mol. The van der Waals surface area contributed by atoms with Gasteiger partial charge in [0.05, 0.1) is 0 Å². The summed E-state index contributed by atoms with van der Waals surface area (Å²) in [6, 6.07) is 7.30. The number of amides is 2. The zero-order valence-corrected chi connectivity index (χ0v) is 14.2. The molecule has 5 nitrogen and oxygen atoms in total. The van der Waals surface area contributed by atoms with E-state index in [1.165, 1.54) is 0 Å². The Labute approximate surface area is 143 Å². The van der Waals surface area contributed by atoms with E-state index in [0.717, 1.165) is 43.7 Å². The molecule has 1 saturated carbocycles. The highest BCUT2D eigenvalue weighted by atomic mass is 35.5. The number of hydrogen-bond donors (Lipinski definition) is 3. The molecule has 1 atom stereocenters. The number of hydrogen-bond acceptors (Lipinski definition) is 3. The molecule has 0 radical (unpaired) electrons. The summed E-state index contributed by atoms with van der Waals surface area (Å²) in [5.41, 5.74) is 1.80. The summed E-state index contributed by atoms with van der Waals surface area (Å²) < 4.78 is 0. The lowest BCUT2D eigenvalue weighted by Crippen LogP contribution is -2.31. The van der Waals surface area contributed by atoms with Gasteiger partial charge in [0.2, 0.25) is 11.8 Å². The quantitative estimate of drug-likeness (QED) is 0.791. The van der Waals surface area contributed by atoms with Gasteiger partial charge in [0, 0.05) is 23.7 Å². The molecule has 1 aromatic carbocycles. The van der Waals surface area contributed by atoms with E-state index < -0.39 is 0 Å². The number of carbonyl (C=O) groups excluding carboxylic acids is 2. The van der Waals surface area contributed by atoms with Crippen LogP contribution < -0.4 is 16.0 Å². The standard InChI is InChI=1S/C17H23N3O2.ClH/c1-2-15(21)19-12-3-5-13(6-4-12)20-16(22)14-11-17(14)7-9-18-10-8-17;/h3-6,14,18H,2,7-11H2,1H3,(H,19,21)(H,20,22);1H. The van der Waals surface area contributed by atoms with Gasteiger partial charge in [0.25, 0.3) is 0 Å². The van der Waals surface area contributed by atoms with Crippen molar-refractivity contribution in [2.45, 2.75) is 32.6 Å². The SMILES string of the molecule is CCC(=O)Nc1ccc(NC(=O)C2CC23CCNCC3)cc1.Cl. The van der Waals surface area contributed by atoms with Crippen LogP contribution in [0, 0.1) is 11.3 Å². The number of benzene rings is 1. The third-order valence-corrected chi connectivity index (χ3v) is 4.86. The maximum Gasteiger partial charge on any atom is 0.228 e. The lowest BCUT2D eigenvalue weighted by atomic mass is 9.92. The van der Waals surface area contributed by atoms with Crippen LogP contribution in [0.1, 0.15) is 32.6 Å². The Morgan fingerprint density at radius 2 is 1.70 bits per heavy atom. The molecule has 2 amide bonds. The second-order valence-corrected chi connectivity index (χ2v) is 6.34. The molecule has 3 rings (SSSR count). The molecule has 2 aliphatic rings. The van der Waals surface area contributed by atoms with E-state index in [2.05, 4.69) is 16.0 Å². The molecule has 6 heteroatoms. The third kappa shape index (κ3) is 4.03. The van der Waals surface area contributed by atoms with Crippen LogP contribution in [0.4, 0.5) is 11.4 Å². The highest BCUT2D eigenvalue weighted by Crippen LogP contribution is 2.58. The van der Waals surface area contributed by atoms with Gasteiger partial charge < -0.3 is 16.0 Å². The van der Waals surface area contributed by atoms with Crippen LogP contribution in [-0.2, 0) is 9.59 Å². The number of rotatable bonds is 4. The van der Waals surface area contributed by atoms with Crippen molar-refractivity contribution < 1.29 is 9.59 Å². The fourth-order valence-corrected chi connectivity index (χ4v) is 3.31. The largest absolute Gasteiger partial charge is 0.326 e. The highest BCUT2D eigenvalue weighted by Gasteiger charge is 2.57. The zero-order chi connectivity index (χ0) is 15.6. The van der Waals surface area contributed by atoms with Gasteiger partial charge in [-0.2, -0.15) is 0 Å². The van der Waals surface area contributed by atoms with E-state index >= 15 is 0 Å². The number of piperidine rings is 1. The first kappa shape index (κ1) is 17.8. The van der Waals surface area contributed by atoms with Crippen LogP contribution in [0.2, 0.25) is 0 Å². The molecule has 1 heterocycles. The molecule has 1 aliphatic carbocycles. The van der Waals surface area contributed by atoms with Gasteiger partial charge in [-0.1, -0.05) is 6.92 Å². The molecular formula is C17H24ClN3O2. The van der Waals surface area contributed by atoms with Crippen LogP contribution in [0.3, 0.4) is 0 Å². The number of carbonyl (C=O) groups is 2. The molecule has 1 aromatic rings. The van der Waals surface area contributed by atoms with E-state index in [1.54, 1.807) is 0 Å².